The van der Waals surface area contributed by atoms with Crippen molar-refractivity contribution in [2.24, 2.45) is 17.6 Å². The number of benzene rings is 3. The van der Waals surface area contributed by atoms with Crippen LogP contribution >= 0.6 is 12.2 Å². The van der Waals surface area contributed by atoms with Crippen LogP contribution in [0.25, 0.3) is 11.5 Å². The third-order valence-corrected chi connectivity index (χ3v) is 8.90. The van der Waals surface area contributed by atoms with E-state index in [9.17, 15) is 39.3 Å². The summed E-state index contributed by atoms with van der Waals surface area (Å²) in [6.45, 7) is 6.69. The third kappa shape index (κ3) is 12.7. The van der Waals surface area contributed by atoms with Crippen molar-refractivity contribution in [2.45, 2.75) is 70.8 Å². The van der Waals surface area contributed by atoms with Crippen molar-refractivity contribution in [3.63, 3.8) is 0 Å². The molecule has 18 heteroatoms. The van der Waals surface area contributed by atoms with E-state index in [0.29, 0.717) is 11.3 Å². The molecule has 57 heavy (non-hydrogen) atoms. The van der Waals surface area contributed by atoms with Crippen LogP contribution in [-0.2, 0) is 25.6 Å². The molecule has 0 saturated heterocycles. The number of nitrogens with zero attached hydrogens (tertiary/aromatic N) is 1. The van der Waals surface area contributed by atoms with E-state index in [-0.39, 0.29) is 53.1 Å². The zero-order valence-electron chi connectivity index (χ0n) is 31.8. The first-order valence-electron chi connectivity index (χ1n) is 18.2. The Balaban J connectivity index is 1.45. The Bertz CT molecular complexity index is 2090. The average molecular weight is 805 g/mol. The fraction of sp³-hybridized carbons (Fsp3) is 0.359. The van der Waals surface area contributed by atoms with Crippen LogP contribution in [-0.4, -0.2) is 91.9 Å². The van der Waals surface area contributed by atoms with Crippen LogP contribution in [0.4, 0.5) is 5.69 Å². The number of hydrogen-bond donors (Lipinski definition) is 10. The molecule has 5 amide bonds. The van der Waals surface area contributed by atoms with Crippen molar-refractivity contribution in [1.82, 2.24) is 31.5 Å². The second-order valence-electron chi connectivity index (χ2n) is 14.2. The number of H-pyrrole nitrogens is 1. The molecule has 0 fully saturated rings. The molecule has 11 N–H and O–H groups in total. The van der Waals surface area contributed by atoms with Crippen LogP contribution in [0.2, 0.25) is 0 Å². The Morgan fingerprint density at radius 2 is 1.58 bits per heavy atom. The standard InChI is InChI=1S/C39H48N8O9S/c1-20(2)15-29(44-36(54)31(21(3)4)45-34(52)27(40)19-41-33(51)26-18-25(48)13-14-30(26)49)35(53)43-28(16-22-9-6-5-7-10-22)32(50)37(55)42-24-12-8-11-23(17-24)38-46-47-39(57)56-38/h5-14,17-18,20-21,27-29,31-32,48-50H,15-16,19,40H2,1-4H3,(H,41,51)(H,42,55)(H,43,53)(H,44,54)(H,45,52)(H,47,57)/t27-,28-,29-,31-,32+/m0/s1. The lowest BCUT2D eigenvalue weighted by Gasteiger charge is -2.29. The molecule has 1 heterocycles. The molecule has 17 nitrogen and oxygen atoms in total. The van der Waals surface area contributed by atoms with Gasteiger partial charge in [-0.3, -0.25) is 24.0 Å². The first-order chi connectivity index (χ1) is 27.0. The highest BCUT2D eigenvalue weighted by Crippen LogP contribution is 2.23. The number of carbonyl (C=O) groups is 5. The number of anilines is 1. The minimum atomic E-state index is -1.75. The zero-order chi connectivity index (χ0) is 41.8. The number of nitrogens with one attached hydrogen (secondary N) is 6. The number of phenols is 2. The van der Waals surface area contributed by atoms with Gasteiger partial charge in [0.1, 0.15) is 29.6 Å². The van der Waals surface area contributed by atoms with E-state index >= 15 is 0 Å². The van der Waals surface area contributed by atoms with Gasteiger partial charge in [0.2, 0.25) is 23.6 Å². The summed E-state index contributed by atoms with van der Waals surface area (Å²) in [4.78, 5) is 66.9. The fourth-order valence-corrected chi connectivity index (χ4v) is 5.86. The SMILES string of the molecule is CC(C)C[C@H](NC(=O)[C@@H](NC(=O)[C@@H](N)CNC(=O)c1cc(O)ccc1O)C(C)C)C(=O)N[C@@H](Cc1ccccc1)[C@@H](O)C(=O)Nc1cccc(-c2n[nH]c(=S)o2)c1. The highest BCUT2D eigenvalue weighted by atomic mass is 32.1. The number of hydrogen-bond acceptors (Lipinski definition) is 12. The minimum absolute atomic E-state index is 0.0570. The highest BCUT2D eigenvalue weighted by molar-refractivity contribution is 7.71. The molecular formula is C39H48N8O9S. The van der Waals surface area contributed by atoms with Crippen LogP contribution in [0.15, 0.2) is 77.2 Å². The lowest BCUT2D eigenvalue weighted by Crippen LogP contribution is -2.60. The molecule has 0 aliphatic heterocycles. The van der Waals surface area contributed by atoms with E-state index < -0.39 is 65.7 Å². The topological polar surface area (TPSA) is 274 Å². The smallest absolute Gasteiger partial charge is 0.284 e. The van der Waals surface area contributed by atoms with Crippen molar-refractivity contribution in [3.8, 4) is 23.0 Å². The highest BCUT2D eigenvalue weighted by Gasteiger charge is 2.34. The summed E-state index contributed by atoms with van der Waals surface area (Å²) < 4.78 is 5.35. The number of aliphatic hydroxyl groups is 1. The van der Waals surface area contributed by atoms with Gasteiger partial charge in [-0.15, -0.1) is 5.10 Å². The number of aromatic amines is 1. The van der Waals surface area contributed by atoms with Gasteiger partial charge in [0, 0.05) is 17.8 Å². The van der Waals surface area contributed by atoms with Crippen LogP contribution in [0, 0.1) is 16.7 Å². The lowest BCUT2D eigenvalue weighted by atomic mass is 9.97. The number of aliphatic hydroxyl groups excluding tert-OH is 1. The molecule has 0 aliphatic carbocycles. The first kappa shape index (κ1) is 43.6. The predicted molar refractivity (Wildman–Crippen MR) is 212 cm³/mol. The van der Waals surface area contributed by atoms with Crippen LogP contribution in [0.5, 0.6) is 11.5 Å². The number of nitrogens with two attached hydrogens (primary N) is 1. The van der Waals surface area contributed by atoms with Crippen molar-refractivity contribution < 1.29 is 43.7 Å². The van der Waals surface area contributed by atoms with Crippen molar-refractivity contribution in [3.05, 3.63) is 88.8 Å². The number of aromatic hydroxyl groups is 2. The summed E-state index contributed by atoms with van der Waals surface area (Å²) in [5.41, 5.74) is 7.34. The van der Waals surface area contributed by atoms with Gasteiger partial charge in [-0.1, -0.05) is 64.1 Å². The lowest BCUT2D eigenvalue weighted by molar-refractivity contribution is -0.134. The molecule has 0 unspecified atom stereocenters. The number of rotatable bonds is 18. The van der Waals surface area contributed by atoms with E-state index in [1.165, 1.54) is 6.07 Å². The maximum Gasteiger partial charge on any atom is 0.284 e. The summed E-state index contributed by atoms with van der Waals surface area (Å²) in [6.07, 6.45) is -1.52. The molecule has 0 aliphatic rings. The minimum Gasteiger partial charge on any atom is -0.508 e. The number of phenolic OH excluding ortho intramolecular Hbond substituents is 2. The summed E-state index contributed by atoms with van der Waals surface area (Å²) in [5.74, 6) is -4.75. The number of carbonyl (C=O) groups excluding carboxylic acids is 5. The quantitative estimate of drug-likeness (QED) is 0.0513. The summed E-state index contributed by atoms with van der Waals surface area (Å²) in [5, 5.41) is 50.7. The fourth-order valence-electron chi connectivity index (χ4n) is 5.73. The maximum absolute atomic E-state index is 14.0. The van der Waals surface area contributed by atoms with Crippen LogP contribution in [0.3, 0.4) is 0 Å². The second kappa shape index (κ2) is 20.2. The van der Waals surface area contributed by atoms with Gasteiger partial charge in [0.05, 0.1) is 11.6 Å². The largest absolute Gasteiger partial charge is 0.508 e. The van der Waals surface area contributed by atoms with Gasteiger partial charge in [-0.05, 0) is 78.9 Å². The molecule has 3 aromatic carbocycles. The summed E-state index contributed by atoms with van der Waals surface area (Å²) in [7, 11) is 0. The Morgan fingerprint density at radius 3 is 2.23 bits per heavy atom. The summed E-state index contributed by atoms with van der Waals surface area (Å²) >= 11 is 4.95. The Hall–Kier alpha value is -6.11. The molecule has 4 rings (SSSR count). The Labute approximate surface area is 333 Å². The second-order valence-corrected chi connectivity index (χ2v) is 14.5. The van der Waals surface area contributed by atoms with Crippen LogP contribution < -0.4 is 32.3 Å². The molecule has 1 aromatic heterocycles. The van der Waals surface area contributed by atoms with Crippen molar-refractivity contribution >= 4 is 47.4 Å². The van der Waals surface area contributed by atoms with Crippen molar-refractivity contribution in [2.75, 3.05) is 11.9 Å². The Morgan fingerprint density at radius 1 is 0.860 bits per heavy atom. The van der Waals surface area contributed by atoms with Gasteiger partial charge in [-0.2, -0.15) is 0 Å². The first-order valence-corrected chi connectivity index (χ1v) is 18.6. The van der Waals surface area contributed by atoms with Gasteiger partial charge in [0.15, 0.2) is 6.10 Å². The van der Waals surface area contributed by atoms with E-state index in [2.05, 4.69) is 36.8 Å². The average Bonchev–Trinajstić information content (AvgIpc) is 3.62. The zero-order valence-corrected chi connectivity index (χ0v) is 32.6. The van der Waals surface area contributed by atoms with E-state index in [1.54, 1.807) is 68.4 Å². The summed E-state index contributed by atoms with van der Waals surface area (Å²) in [6, 6.07) is 14.1. The molecule has 0 saturated carbocycles. The maximum atomic E-state index is 14.0. The molecule has 0 bridgehead atoms. The van der Waals surface area contributed by atoms with E-state index in [1.807, 2.05) is 13.8 Å². The van der Waals surface area contributed by atoms with E-state index in [4.69, 9.17) is 22.4 Å². The molecular weight excluding hydrogens is 757 g/mol. The number of amides is 5. The number of aromatic nitrogens is 2. The molecule has 0 spiro atoms. The molecule has 304 valence electrons. The normalized spacial score (nSPS) is 13.8. The molecule has 0 radical (unpaired) electrons. The van der Waals surface area contributed by atoms with Gasteiger partial charge in [0.25, 0.3) is 16.7 Å². The van der Waals surface area contributed by atoms with Gasteiger partial charge >= 0.3 is 0 Å². The monoisotopic (exact) mass is 804 g/mol. The van der Waals surface area contributed by atoms with E-state index in [0.717, 1.165) is 17.7 Å². The molecule has 5 atom stereocenters. The van der Waals surface area contributed by atoms with Crippen molar-refractivity contribution in [1.29, 1.82) is 0 Å². The predicted octanol–water partition coefficient (Wildman–Crippen LogP) is 2.27. The van der Waals surface area contributed by atoms with Gasteiger partial charge < -0.3 is 52.1 Å². The Kier molecular flexibility index (Phi) is 15.4. The third-order valence-electron chi connectivity index (χ3n) is 8.72. The van der Waals surface area contributed by atoms with Crippen LogP contribution in [0.1, 0.15) is 50.0 Å². The van der Waals surface area contributed by atoms with Gasteiger partial charge in [-0.25, -0.2) is 5.10 Å². The molecule has 4 aromatic rings.